The molecule has 0 aliphatic heterocycles. The Morgan fingerprint density at radius 3 is 2.67 bits per heavy atom. The van der Waals surface area contributed by atoms with Gasteiger partial charge >= 0.3 is 0 Å². The number of amides is 1. The maximum absolute atomic E-state index is 12.0. The van der Waals surface area contributed by atoms with Crippen LogP contribution >= 0.6 is 0 Å². The van der Waals surface area contributed by atoms with E-state index in [0.717, 1.165) is 18.2 Å². The van der Waals surface area contributed by atoms with E-state index in [2.05, 4.69) is 10.0 Å². The van der Waals surface area contributed by atoms with Gasteiger partial charge in [0.25, 0.3) is 5.91 Å². The summed E-state index contributed by atoms with van der Waals surface area (Å²) in [6.45, 7) is 5.47. The van der Waals surface area contributed by atoms with Crippen molar-refractivity contribution in [2.24, 2.45) is 0 Å². The molecule has 0 aliphatic rings. The molecular weight excluding hydrogens is 292 g/mol. The van der Waals surface area contributed by atoms with E-state index < -0.39 is 10.0 Å². The normalized spacial score (nSPS) is 11.2. The van der Waals surface area contributed by atoms with Crippen molar-refractivity contribution in [3.63, 3.8) is 0 Å². The highest BCUT2D eigenvalue weighted by molar-refractivity contribution is 7.92. The lowest BCUT2D eigenvalue weighted by atomic mass is 10.1. The van der Waals surface area contributed by atoms with Crippen molar-refractivity contribution in [3.05, 3.63) is 29.3 Å². The molecule has 0 saturated carbocycles. The molecule has 0 radical (unpaired) electrons. The molecule has 1 aromatic carbocycles. The van der Waals surface area contributed by atoms with Crippen LogP contribution < -0.4 is 10.0 Å². The van der Waals surface area contributed by atoms with Gasteiger partial charge in [-0.3, -0.25) is 9.52 Å². The number of carbonyl (C=O) groups is 1. The molecule has 2 N–H and O–H groups in total. The van der Waals surface area contributed by atoms with Crippen LogP contribution in [0.25, 0.3) is 0 Å². The second-order valence-corrected chi connectivity index (χ2v) is 6.46. The summed E-state index contributed by atoms with van der Waals surface area (Å²) in [6.07, 6.45) is 1.81. The minimum Gasteiger partial charge on any atom is -0.382 e. The van der Waals surface area contributed by atoms with Gasteiger partial charge in [-0.15, -0.1) is 0 Å². The minimum atomic E-state index is -3.37. The van der Waals surface area contributed by atoms with Crippen molar-refractivity contribution in [2.75, 3.05) is 30.7 Å². The summed E-state index contributed by atoms with van der Waals surface area (Å²) < 4.78 is 30.1. The third-order valence-electron chi connectivity index (χ3n) is 2.75. The lowest BCUT2D eigenvalue weighted by Gasteiger charge is -2.10. The molecule has 1 aromatic rings. The van der Waals surface area contributed by atoms with Crippen LogP contribution in [0.4, 0.5) is 5.69 Å². The van der Waals surface area contributed by atoms with E-state index in [1.165, 1.54) is 6.07 Å². The van der Waals surface area contributed by atoms with E-state index in [1.807, 2.05) is 6.92 Å². The Morgan fingerprint density at radius 2 is 2.05 bits per heavy atom. The Hall–Kier alpha value is -1.60. The summed E-state index contributed by atoms with van der Waals surface area (Å²) in [5, 5.41) is 2.77. The van der Waals surface area contributed by atoms with Gasteiger partial charge in [0.05, 0.1) is 11.9 Å². The molecule has 0 spiro atoms. The van der Waals surface area contributed by atoms with Gasteiger partial charge in [-0.1, -0.05) is 6.07 Å². The molecule has 0 bridgehead atoms. The second kappa shape index (κ2) is 7.99. The Labute approximate surface area is 125 Å². The minimum absolute atomic E-state index is 0.233. The topological polar surface area (TPSA) is 84.5 Å². The largest absolute Gasteiger partial charge is 0.382 e. The summed E-state index contributed by atoms with van der Waals surface area (Å²) in [5.41, 5.74) is 1.59. The van der Waals surface area contributed by atoms with Crippen molar-refractivity contribution >= 4 is 21.6 Å². The van der Waals surface area contributed by atoms with Crippen molar-refractivity contribution in [1.82, 2.24) is 5.32 Å². The standard InChI is InChI=1S/C14H22N2O4S/c1-4-20-9-5-8-15-14(17)12-7-6-11(2)13(10-12)16-21(3,18)19/h6-7,10,16H,4-5,8-9H2,1-3H3,(H,15,17). The Kier molecular flexibility index (Phi) is 6.64. The molecule has 1 amide bonds. The average molecular weight is 314 g/mol. The predicted molar refractivity (Wildman–Crippen MR) is 83.1 cm³/mol. The molecule has 21 heavy (non-hydrogen) atoms. The first-order chi connectivity index (χ1) is 9.83. The van der Waals surface area contributed by atoms with Gasteiger partial charge < -0.3 is 10.1 Å². The first-order valence-electron chi connectivity index (χ1n) is 6.78. The predicted octanol–water partition coefficient (Wildman–Crippen LogP) is 1.52. The van der Waals surface area contributed by atoms with Gasteiger partial charge in [-0.05, 0) is 38.0 Å². The number of aryl methyl sites for hydroxylation is 1. The molecular formula is C14H22N2O4S. The van der Waals surface area contributed by atoms with E-state index in [4.69, 9.17) is 4.74 Å². The van der Waals surface area contributed by atoms with Crippen LogP contribution in [0, 0.1) is 6.92 Å². The zero-order valence-electron chi connectivity index (χ0n) is 12.6. The highest BCUT2D eigenvalue weighted by Gasteiger charge is 2.10. The van der Waals surface area contributed by atoms with Crippen LogP contribution in [0.15, 0.2) is 18.2 Å². The second-order valence-electron chi connectivity index (χ2n) is 4.71. The Morgan fingerprint density at radius 1 is 1.33 bits per heavy atom. The average Bonchev–Trinajstić information content (AvgIpc) is 2.39. The molecule has 0 heterocycles. The van der Waals surface area contributed by atoms with E-state index in [9.17, 15) is 13.2 Å². The third kappa shape index (κ3) is 6.59. The third-order valence-corrected chi connectivity index (χ3v) is 3.34. The molecule has 0 atom stereocenters. The highest BCUT2D eigenvalue weighted by Crippen LogP contribution is 2.18. The molecule has 7 heteroatoms. The number of benzene rings is 1. The van der Waals surface area contributed by atoms with E-state index in [0.29, 0.717) is 31.0 Å². The first kappa shape index (κ1) is 17.5. The molecule has 118 valence electrons. The van der Waals surface area contributed by atoms with Crippen LogP contribution in [-0.4, -0.2) is 40.3 Å². The van der Waals surface area contributed by atoms with Crippen LogP contribution in [0.3, 0.4) is 0 Å². The number of ether oxygens (including phenoxy) is 1. The smallest absolute Gasteiger partial charge is 0.251 e. The fourth-order valence-electron chi connectivity index (χ4n) is 1.70. The Balaban J connectivity index is 2.66. The number of hydrogen-bond acceptors (Lipinski definition) is 4. The number of hydrogen-bond donors (Lipinski definition) is 2. The Bertz CT molecular complexity index is 585. The van der Waals surface area contributed by atoms with Gasteiger partial charge in [0.2, 0.25) is 10.0 Å². The fourth-order valence-corrected chi connectivity index (χ4v) is 2.31. The summed E-state index contributed by atoms with van der Waals surface area (Å²) >= 11 is 0. The summed E-state index contributed by atoms with van der Waals surface area (Å²) in [5.74, 6) is -0.233. The van der Waals surface area contributed by atoms with Gasteiger partial charge in [-0.2, -0.15) is 0 Å². The maximum Gasteiger partial charge on any atom is 0.251 e. The van der Waals surface area contributed by atoms with Crippen LogP contribution in [-0.2, 0) is 14.8 Å². The molecule has 1 rings (SSSR count). The monoisotopic (exact) mass is 314 g/mol. The number of rotatable bonds is 8. The highest BCUT2D eigenvalue weighted by atomic mass is 32.2. The van der Waals surface area contributed by atoms with E-state index in [1.54, 1.807) is 19.1 Å². The number of carbonyl (C=O) groups excluding carboxylic acids is 1. The van der Waals surface area contributed by atoms with Gasteiger partial charge in [0.15, 0.2) is 0 Å². The lowest BCUT2D eigenvalue weighted by Crippen LogP contribution is -2.25. The zero-order chi connectivity index (χ0) is 15.9. The quantitative estimate of drug-likeness (QED) is 0.713. The number of sulfonamides is 1. The van der Waals surface area contributed by atoms with Crippen molar-refractivity contribution < 1.29 is 17.9 Å². The lowest BCUT2D eigenvalue weighted by molar-refractivity contribution is 0.0944. The molecule has 6 nitrogen and oxygen atoms in total. The van der Waals surface area contributed by atoms with E-state index >= 15 is 0 Å². The fraction of sp³-hybridized carbons (Fsp3) is 0.500. The van der Waals surface area contributed by atoms with Crippen molar-refractivity contribution in [2.45, 2.75) is 20.3 Å². The molecule has 0 fully saturated rings. The zero-order valence-corrected chi connectivity index (χ0v) is 13.4. The molecule has 0 unspecified atom stereocenters. The van der Waals surface area contributed by atoms with Gasteiger partial charge in [-0.25, -0.2) is 8.42 Å². The van der Waals surface area contributed by atoms with Crippen LogP contribution in [0.5, 0.6) is 0 Å². The maximum atomic E-state index is 12.0. The van der Waals surface area contributed by atoms with Crippen LogP contribution in [0.1, 0.15) is 29.3 Å². The van der Waals surface area contributed by atoms with Gasteiger partial charge in [0.1, 0.15) is 0 Å². The SMILES string of the molecule is CCOCCCNC(=O)c1ccc(C)c(NS(C)(=O)=O)c1. The molecule has 0 aromatic heterocycles. The summed E-state index contributed by atoms with van der Waals surface area (Å²) in [6, 6.07) is 4.91. The van der Waals surface area contributed by atoms with Crippen molar-refractivity contribution in [1.29, 1.82) is 0 Å². The van der Waals surface area contributed by atoms with Crippen LogP contribution in [0.2, 0.25) is 0 Å². The summed E-state index contributed by atoms with van der Waals surface area (Å²) in [7, 11) is -3.37. The molecule has 0 saturated heterocycles. The number of nitrogens with one attached hydrogen (secondary N) is 2. The number of anilines is 1. The van der Waals surface area contributed by atoms with E-state index in [-0.39, 0.29) is 5.91 Å². The first-order valence-corrected chi connectivity index (χ1v) is 8.67. The summed E-state index contributed by atoms with van der Waals surface area (Å²) in [4.78, 5) is 12.0. The molecule has 0 aliphatic carbocycles. The van der Waals surface area contributed by atoms with Gasteiger partial charge in [0, 0.05) is 25.3 Å². The van der Waals surface area contributed by atoms with Crippen molar-refractivity contribution in [3.8, 4) is 0 Å².